The Morgan fingerprint density at radius 1 is 1.12 bits per heavy atom. The quantitative estimate of drug-likeness (QED) is 0.760. The van der Waals surface area contributed by atoms with Crippen LogP contribution in [-0.4, -0.2) is 43.7 Å². The van der Waals surface area contributed by atoms with Gasteiger partial charge in [-0.05, 0) is 41.8 Å². The molecule has 0 atom stereocenters. The largest absolute Gasteiger partial charge is 0.337 e. The van der Waals surface area contributed by atoms with E-state index < -0.39 is 10.0 Å². The van der Waals surface area contributed by atoms with E-state index in [9.17, 15) is 13.2 Å². The van der Waals surface area contributed by atoms with Gasteiger partial charge in [0.25, 0.3) is 0 Å². The Labute approximate surface area is 156 Å². The van der Waals surface area contributed by atoms with Crippen LogP contribution in [-0.2, 0) is 27.8 Å². The van der Waals surface area contributed by atoms with E-state index in [0.29, 0.717) is 13.1 Å². The number of benzene rings is 2. The van der Waals surface area contributed by atoms with Crippen LogP contribution >= 0.6 is 15.9 Å². The molecule has 0 N–H and O–H groups in total. The zero-order valence-corrected chi connectivity index (χ0v) is 16.3. The third kappa shape index (κ3) is 3.94. The van der Waals surface area contributed by atoms with Gasteiger partial charge in [0, 0.05) is 24.6 Å². The minimum absolute atomic E-state index is 0.166. The van der Waals surface area contributed by atoms with Crippen molar-refractivity contribution in [3.63, 3.8) is 0 Å². The van der Waals surface area contributed by atoms with E-state index in [1.807, 2.05) is 18.2 Å². The molecule has 0 saturated heterocycles. The van der Waals surface area contributed by atoms with Gasteiger partial charge in [0.2, 0.25) is 15.9 Å². The number of hydrogen-bond donors (Lipinski definition) is 0. The molecule has 0 aliphatic carbocycles. The molecule has 0 unspecified atom stereocenters. The Balaban J connectivity index is 1.69. The van der Waals surface area contributed by atoms with Gasteiger partial charge in [-0.1, -0.05) is 40.2 Å². The van der Waals surface area contributed by atoms with E-state index in [-0.39, 0.29) is 17.3 Å². The smallest absolute Gasteiger partial charge is 0.243 e. The van der Waals surface area contributed by atoms with Crippen LogP contribution in [0, 0.1) is 0 Å². The average molecular weight is 423 g/mol. The fourth-order valence-electron chi connectivity index (χ4n) is 2.87. The molecule has 2 aromatic carbocycles. The first kappa shape index (κ1) is 18.1. The number of amides is 1. The van der Waals surface area contributed by atoms with Crippen molar-refractivity contribution in [3.05, 3.63) is 64.1 Å². The normalized spacial score (nSPS) is 14.4. The average Bonchev–Trinajstić information content (AvgIpc) is 2.61. The van der Waals surface area contributed by atoms with E-state index in [4.69, 9.17) is 0 Å². The van der Waals surface area contributed by atoms with E-state index in [0.717, 1.165) is 20.8 Å². The topological polar surface area (TPSA) is 57.7 Å². The van der Waals surface area contributed by atoms with Crippen LogP contribution in [0.3, 0.4) is 0 Å². The number of likely N-dealkylation sites (N-methyl/N-ethyl adjacent to an activating group) is 1. The lowest BCUT2D eigenvalue weighted by Crippen LogP contribution is -2.43. The Hall–Kier alpha value is -1.70. The molecule has 25 heavy (non-hydrogen) atoms. The highest BCUT2D eigenvalue weighted by molar-refractivity contribution is 9.10. The highest BCUT2D eigenvalue weighted by atomic mass is 79.9. The monoisotopic (exact) mass is 422 g/mol. The molecule has 132 valence electrons. The first-order chi connectivity index (χ1) is 11.9. The zero-order valence-electron chi connectivity index (χ0n) is 13.9. The van der Waals surface area contributed by atoms with Crippen molar-refractivity contribution < 1.29 is 13.2 Å². The number of halogens is 1. The van der Waals surface area contributed by atoms with Crippen LogP contribution in [0.4, 0.5) is 0 Å². The van der Waals surface area contributed by atoms with Gasteiger partial charge in [-0.15, -0.1) is 0 Å². The summed E-state index contributed by atoms with van der Waals surface area (Å²) in [7, 11) is -2.25. The van der Waals surface area contributed by atoms with Gasteiger partial charge in [0.1, 0.15) is 0 Å². The highest BCUT2D eigenvalue weighted by Gasteiger charge is 2.26. The molecule has 7 heteroatoms. The van der Waals surface area contributed by atoms with Crippen LogP contribution in [0.15, 0.2) is 57.9 Å². The minimum atomic E-state index is -3.68. The van der Waals surface area contributed by atoms with Gasteiger partial charge in [-0.2, -0.15) is 4.31 Å². The van der Waals surface area contributed by atoms with E-state index >= 15 is 0 Å². The Morgan fingerprint density at radius 3 is 2.44 bits per heavy atom. The molecule has 5 nitrogen and oxygen atoms in total. The summed E-state index contributed by atoms with van der Waals surface area (Å²) < 4.78 is 27.1. The van der Waals surface area contributed by atoms with E-state index in [1.165, 1.54) is 24.7 Å². The Bertz CT molecular complexity index is 881. The zero-order chi connectivity index (χ0) is 18.0. The molecule has 0 radical (unpaired) electrons. The fraction of sp³-hybridized carbons (Fsp3) is 0.278. The SMILES string of the molecule is CN(CC(=O)N1CCc2ccccc2C1)S(=O)(=O)c1ccc(Br)cc1. The van der Waals surface area contributed by atoms with Crippen molar-refractivity contribution in [2.24, 2.45) is 0 Å². The van der Waals surface area contributed by atoms with Gasteiger partial charge >= 0.3 is 0 Å². The van der Waals surface area contributed by atoms with Crippen LogP contribution in [0.1, 0.15) is 11.1 Å². The van der Waals surface area contributed by atoms with Gasteiger partial charge in [-0.25, -0.2) is 8.42 Å². The summed E-state index contributed by atoms with van der Waals surface area (Å²) in [5, 5.41) is 0. The van der Waals surface area contributed by atoms with Gasteiger partial charge < -0.3 is 4.90 Å². The van der Waals surface area contributed by atoms with Crippen LogP contribution in [0.25, 0.3) is 0 Å². The van der Waals surface area contributed by atoms with Crippen molar-refractivity contribution in [2.75, 3.05) is 20.1 Å². The van der Waals surface area contributed by atoms with Crippen LogP contribution in [0.5, 0.6) is 0 Å². The van der Waals surface area contributed by atoms with Crippen molar-refractivity contribution in [2.45, 2.75) is 17.9 Å². The lowest BCUT2D eigenvalue weighted by molar-refractivity contribution is -0.132. The summed E-state index contributed by atoms with van der Waals surface area (Å²) in [6, 6.07) is 14.4. The van der Waals surface area contributed by atoms with E-state index in [2.05, 4.69) is 22.0 Å². The summed E-state index contributed by atoms with van der Waals surface area (Å²) in [5.74, 6) is -0.183. The summed E-state index contributed by atoms with van der Waals surface area (Å²) >= 11 is 3.29. The number of carbonyl (C=O) groups is 1. The van der Waals surface area contributed by atoms with Crippen LogP contribution in [0.2, 0.25) is 0 Å². The lowest BCUT2D eigenvalue weighted by atomic mass is 10.00. The molecule has 0 fully saturated rings. The van der Waals surface area contributed by atoms with Gasteiger partial charge in [0.15, 0.2) is 0 Å². The van der Waals surface area contributed by atoms with Crippen molar-refractivity contribution in [3.8, 4) is 0 Å². The molecule has 1 aliphatic rings. The summed E-state index contributed by atoms with van der Waals surface area (Å²) in [5.41, 5.74) is 2.38. The lowest BCUT2D eigenvalue weighted by Gasteiger charge is -2.30. The summed E-state index contributed by atoms with van der Waals surface area (Å²) in [6.45, 7) is 0.976. The van der Waals surface area contributed by atoms with E-state index in [1.54, 1.807) is 17.0 Å². The number of rotatable bonds is 4. The summed E-state index contributed by atoms with van der Waals surface area (Å²) in [4.78, 5) is 14.5. The molecule has 1 amide bonds. The minimum Gasteiger partial charge on any atom is -0.337 e. The van der Waals surface area contributed by atoms with Gasteiger partial charge in [0.05, 0.1) is 11.4 Å². The molecule has 0 aromatic heterocycles. The number of sulfonamides is 1. The molecule has 2 aromatic rings. The molecular formula is C18H19BrN2O3S. The molecule has 0 bridgehead atoms. The highest BCUT2D eigenvalue weighted by Crippen LogP contribution is 2.20. The number of nitrogens with zero attached hydrogens (tertiary/aromatic N) is 2. The maximum atomic E-state index is 12.6. The molecule has 1 heterocycles. The molecular weight excluding hydrogens is 404 g/mol. The second-order valence-electron chi connectivity index (χ2n) is 6.05. The third-order valence-corrected chi connectivity index (χ3v) is 6.71. The first-order valence-electron chi connectivity index (χ1n) is 7.94. The summed E-state index contributed by atoms with van der Waals surface area (Å²) in [6.07, 6.45) is 0.797. The van der Waals surface area contributed by atoms with Crippen molar-refractivity contribution in [1.82, 2.24) is 9.21 Å². The number of hydrogen-bond acceptors (Lipinski definition) is 3. The van der Waals surface area contributed by atoms with Crippen molar-refractivity contribution >= 4 is 31.9 Å². The van der Waals surface area contributed by atoms with Gasteiger partial charge in [-0.3, -0.25) is 4.79 Å². The molecule has 0 spiro atoms. The molecule has 0 saturated carbocycles. The Morgan fingerprint density at radius 2 is 1.76 bits per heavy atom. The predicted octanol–water partition coefficient (Wildman–Crippen LogP) is 2.65. The first-order valence-corrected chi connectivity index (χ1v) is 10.2. The standard InChI is InChI=1S/C18H19BrN2O3S/c1-20(25(23,24)17-8-6-16(19)7-9-17)13-18(22)21-11-10-14-4-2-3-5-15(14)12-21/h2-9H,10-13H2,1H3. The maximum absolute atomic E-state index is 12.6. The second kappa shape index (κ2) is 7.27. The van der Waals surface area contributed by atoms with Crippen LogP contribution < -0.4 is 0 Å². The predicted molar refractivity (Wildman–Crippen MR) is 99.5 cm³/mol. The van der Waals surface area contributed by atoms with Crippen molar-refractivity contribution in [1.29, 1.82) is 0 Å². The number of fused-ring (bicyclic) bond motifs is 1. The maximum Gasteiger partial charge on any atom is 0.243 e. The second-order valence-corrected chi connectivity index (χ2v) is 9.01. The fourth-order valence-corrected chi connectivity index (χ4v) is 4.26. The Kier molecular flexibility index (Phi) is 5.27. The molecule has 1 aliphatic heterocycles. The molecule has 3 rings (SSSR count). The third-order valence-electron chi connectivity index (χ3n) is 4.36. The number of carbonyl (C=O) groups excluding carboxylic acids is 1.